The van der Waals surface area contributed by atoms with Crippen molar-refractivity contribution in [1.29, 1.82) is 0 Å². The van der Waals surface area contributed by atoms with E-state index in [1.807, 2.05) is 0 Å². The Kier molecular flexibility index (Phi) is 18.3. The van der Waals surface area contributed by atoms with Crippen LogP contribution < -0.4 is 5.11 Å². The number of aliphatic hydroxyl groups is 1. The lowest BCUT2D eigenvalue weighted by molar-refractivity contribution is -0.870. The third kappa shape index (κ3) is 22.8. The molecule has 3 N–H and O–H groups in total. The smallest absolute Gasteiger partial charge is 0.336 e. The third-order valence-corrected chi connectivity index (χ3v) is 4.96. The lowest BCUT2D eigenvalue weighted by atomic mass is 9.96. The summed E-state index contributed by atoms with van der Waals surface area (Å²) in [6, 6.07) is 0. The van der Waals surface area contributed by atoms with Gasteiger partial charge in [0, 0.05) is 12.4 Å². The molecule has 0 aromatic rings. The molecule has 31 heavy (non-hydrogen) atoms. The van der Waals surface area contributed by atoms with Gasteiger partial charge in [-0.25, -0.2) is 4.79 Å². The molecule has 0 aliphatic carbocycles. The average Bonchev–Trinajstić information content (AvgIpc) is 2.61. The van der Waals surface area contributed by atoms with Crippen molar-refractivity contribution in [3.63, 3.8) is 0 Å². The molecular formula is C23H45NO7. The van der Waals surface area contributed by atoms with Crippen LogP contribution in [0, 0.1) is 0 Å². The third-order valence-electron chi connectivity index (χ3n) is 4.96. The van der Waals surface area contributed by atoms with E-state index < -0.39 is 36.4 Å². The zero-order chi connectivity index (χ0) is 24.3. The van der Waals surface area contributed by atoms with Gasteiger partial charge >= 0.3 is 11.9 Å². The number of carbonyl (C=O) groups excluding carboxylic acids is 1. The minimum atomic E-state index is -2.80. The highest BCUT2D eigenvalue weighted by molar-refractivity contribution is 5.87. The number of carboxylic acid groups (broad SMARTS) is 3. The predicted molar refractivity (Wildman–Crippen MR) is 118 cm³/mol. The number of carboxylic acids is 3. The van der Waals surface area contributed by atoms with Gasteiger partial charge in [-0.05, 0) is 12.8 Å². The molecule has 0 aromatic carbocycles. The topological polar surface area (TPSA) is 135 Å². The molecule has 0 heterocycles. The molecule has 1 unspecified atom stereocenters. The Morgan fingerprint density at radius 3 is 1.42 bits per heavy atom. The quantitative estimate of drug-likeness (QED) is 0.217. The minimum Gasteiger partial charge on any atom is -0.550 e. The molecule has 184 valence electrons. The molecule has 0 bridgehead atoms. The van der Waals surface area contributed by atoms with E-state index in [4.69, 9.17) is 15.3 Å². The Morgan fingerprint density at radius 1 is 0.742 bits per heavy atom. The van der Waals surface area contributed by atoms with Crippen molar-refractivity contribution in [2.75, 3.05) is 27.7 Å². The second-order valence-electron chi connectivity index (χ2n) is 9.36. The van der Waals surface area contributed by atoms with Crippen LogP contribution in [0.5, 0.6) is 0 Å². The Bertz CT molecular complexity index is 485. The minimum absolute atomic E-state index is 1.12. The molecule has 8 heteroatoms. The van der Waals surface area contributed by atoms with Crippen LogP contribution in [0.2, 0.25) is 0 Å². The monoisotopic (exact) mass is 447 g/mol. The number of rotatable bonds is 18. The van der Waals surface area contributed by atoms with E-state index in [1.165, 1.54) is 83.6 Å². The van der Waals surface area contributed by atoms with Gasteiger partial charge in [0.25, 0.3) is 0 Å². The normalized spacial score (nSPS) is 13.1. The molecule has 0 aliphatic rings. The van der Waals surface area contributed by atoms with E-state index in [0.29, 0.717) is 0 Å². The number of unbranched alkanes of at least 4 members (excludes halogenated alkanes) is 11. The number of aliphatic carboxylic acids is 3. The largest absolute Gasteiger partial charge is 0.550 e. The number of hydrogen-bond donors (Lipinski definition) is 3. The zero-order valence-corrected chi connectivity index (χ0v) is 20.0. The standard InChI is InChI=1S/C17H38N.C6H8O7/c1-5-6-7-8-9-10-11-12-13-14-15-16-17-18(2,3)4;7-3(8)1-6(13,5(11)12)2-4(9)10/h5-17H2,1-4H3;13H,1-2H2,(H,7,8)(H,9,10)(H,11,12)/q+1;/p-1. The van der Waals surface area contributed by atoms with E-state index in [9.17, 15) is 19.5 Å². The van der Waals surface area contributed by atoms with Crippen molar-refractivity contribution in [2.45, 2.75) is 102 Å². The van der Waals surface area contributed by atoms with Crippen LogP contribution >= 0.6 is 0 Å². The van der Waals surface area contributed by atoms with Gasteiger partial charge in [0.1, 0.15) is 0 Å². The summed E-state index contributed by atoms with van der Waals surface area (Å²) in [7, 11) is 6.87. The van der Waals surface area contributed by atoms with Crippen LogP contribution in [-0.4, -0.2) is 71.0 Å². The highest BCUT2D eigenvalue weighted by Gasteiger charge is 2.38. The highest BCUT2D eigenvalue weighted by Crippen LogP contribution is 2.15. The van der Waals surface area contributed by atoms with E-state index in [0.717, 1.165) is 4.48 Å². The summed E-state index contributed by atoms with van der Waals surface area (Å²) in [5.41, 5.74) is -2.80. The van der Waals surface area contributed by atoms with Crippen molar-refractivity contribution in [1.82, 2.24) is 0 Å². The maximum Gasteiger partial charge on any atom is 0.336 e. The van der Waals surface area contributed by atoms with E-state index >= 15 is 0 Å². The summed E-state index contributed by atoms with van der Waals surface area (Å²) in [6.45, 7) is 3.62. The van der Waals surface area contributed by atoms with E-state index in [2.05, 4.69) is 28.1 Å². The number of quaternary nitrogens is 1. The fourth-order valence-electron chi connectivity index (χ4n) is 3.13. The van der Waals surface area contributed by atoms with Gasteiger partial charge in [-0.15, -0.1) is 0 Å². The molecule has 0 aliphatic heterocycles. The van der Waals surface area contributed by atoms with Gasteiger partial charge in [0.15, 0.2) is 5.60 Å². The number of nitrogens with zero attached hydrogens (tertiary/aromatic N) is 1. The Balaban J connectivity index is 0. The van der Waals surface area contributed by atoms with Gasteiger partial charge in [-0.1, -0.05) is 71.1 Å². The molecule has 8 nitrogen and oxygen atoms in total. The molecule has 0 spiro atoms. The summed E-state index contributed by atoms with van der Waals surface area (Å²) in [5.74, 6) is -5.34. The fourth-order valence-corrected chi connectivity index (χ4v) is 3.13. The number of hydrogen-bond acceptors (Lipinski definition) is 5. The first-order valence-electron chi connectivity index (χ1n) is 11.5. The lowest BCUT2D eigenvalue weighted by Gasteiger charge is -2.23. The summed E-state index contributed by atoms with van der Waals surface area (Å²) < 4.78 is 1.12. The summed E-state index contributed by atoms with van der Waals surface area (Å²) in [6.07, 6.45) is 14.9. The summed E-state index contributed by atoms with van der Waals surface area (Å²) in [5, 5.41) is 35.5. The van der Waals surface area contributed by atoms with Crippen LogP contribution in [0.15, 0.2) is 0 Å². The van der Waals surface area contributed by atoms with Crippen molar-refractivity contribution >= 4 is 17.9 Å². The van der Waals surface area contributed by atoms with Gasteiger partial charge in [0.05, 0.1) is 34.1 Å². The van der Waals surface area contributed by atoms with Crippen molar-refractivity contribution in [2.24, 2.45) is 0 Å². The van der Waals surface area contributed by atoms with Crippen LogP contribution in [0.3, 0.4) is 0 Å². The molecule has 0 amide bonds. The Labute approximate surface area is 187 Å². The molecule has 1 atom stereocenters. The first-order valence-corrected chi connectivity index (χ1v) is 11.5. The number of carbonyl (C=O) groups is 3. The molecule has 0 rings (SSSR count). The molecule has 0 aromatic heterocycles. The average molecular weight is 448 g/mol. The summed E-state index contributed by atoms with van der Waals surface area (Å²) in [4.78, 5) is 30.3. The van der Waals surface area contributed by atoms with Gasteiger partial charge in [-0.2, -0.15) is 0 Å². The Morgan fingerprint density at radius 2 is 1.13 bits per heavy atom. The van der Waals surface area contributed by atoms with Crippen molar-refractivity contribution in [3.8, 4) is 0 Å². The maximum absolute atomic E-state index is 10.3. The first-order chi connectivity index (χ1) is 14.3. The highest BCUT2D eigenvalue weighted by atomic mass is 16.4. The van der Waals surface area contributed by atoms with E-state index in [-0.39, 0.29) is 0 Å². The maximum atomic E-state index is 10.3. The molecule has 0 radical (unpaired) electrons. The molecule has 0 saturated carbocycles. The predicted octanol–water partition coefficient (Wildman–Crippen LogP) is 2.81. The molecular weight excluding hydrogens is 402 g/mol. The fraction of sp³-hybridized carbons (Fsp3) is 0.870. The SMILES string of the molecule is CCCCCCCCCCCCCC[N+](C)(C)C.O=C([O-])CC(O)(CC(=O)O)C(=O)O. The zero-order valence-electron chi connectivity index (χ0n) is 20.0. The second-order valence-corrected chi connectivity index (χ2v) is 9.36. The van der Waals surface area contributed by atoms with Crippen LogP contribution in [0.25, 0.3) is 0 Å². The first kappa shape index (κ1) is 31.5. The van der Waals surface area contributed by atoms with Crippen LogP contribution in [-0.2, 0) is 14.4 Å². The van der Waals surface area contributed by atoms with Crippen LogP contribution in [0.4, 0.5) is 0 Å². The summed E-state index contributed by atoms with van der Waals surface area (Å²) >= 11 is 0. The van der Waals surface area contributed by atoms with Gasteiger partial charge in [-0.3, -0.25) is 4.79 Å². The van der Waals surface area contributed by atoms with Gasteiger partial charge < -0.3 is 29.7 Å². The Hall–Kier alpha value is -1.67. The van der Waals surface area contributed by atoms with E-state index in [1.54, 1.807) is 0 Å². The molecule has 0 fully saturated rings. The van der Waals surface area contributed by atoms with Gasteiger partial charge in [0.2, 0.25) is 0 Å². The molecule has 0 saturated heterocycles. The van der Waals surface area contributed by atoms with Crippen molar-refractivity contribution in [3.05, 3.63) is 0 Å². The second kappa shape index (κ2) is 18.0. The van der Waals surface area contributed by atoms with Crippen molar-refractivity contribution < 1.29 is 39.3 Å². The lowest BCUT2D eigenvalue weighted by Crippen LogP contribution is -2.45. The van der Waals surface area contributed by atoms with Crippen LogP contribution in [0.1, 0.15) is 96.8 Å².